The molecule has 0 aliphatic rings. The summed E-state index contributed by atoms with van der Waals surface area (Å²) in [6.07, 6.45) is 3.25. The quantitative estimate of drug-likeness (QED) is 0.146. The van der Waals surface area contributed by atoms with Crippen LogP contribution in [0, 0.1) is 0 Å². The Kier molecular flexibility index (Phi) is 9.47. The van der Waals surface area contributed by atoms with E-state index in [1.807, 2.05) is 0 Å². The van der Waals surface area contributed by atoms with Crippen molar-refractivity contribution in [3.8, 4) is 17.1 Å². The maximum atomic E-state index is 13.8. The van der Waals surface area contributed by atoms with E-state index in [0.717, 1.165) is 56.2 Å². The van der Waals surface area contributed by atoms with Gasteiger partial charge in [0, 0.05) is 18.0 Å². The summed E-state index contributed by atoms with van der Waals surface area (Å²) in [7, 11) is -7.01. The first-order valence-electron chi connectivity index (χ1n) is 11.0. The van der Waals surface area contributed by atoms with Crippen molar-refractivity contribution in [3.63, 3.8) is 0 Å². The molecule has 2 aromatic rings. The van der Waals surface area contributed by atoms with Crippen LogP contribution in [0.25, 0.3) is 11.4 Å². The smallest absolute Gasteiger partial charge is 0.378 e. The predicted molar refractivity (Wildman–Crippen MR) is 115 cm³/mol. The topological polar surface area (TPSA) is 69.2 Å². The average molecular weight is 566 g/mol. The van der Waals surface area contributed by atoms with Gasteiger partial charge < -0.3 is 4.18 Å². The molecule has 0 amide bonds. The van der Waals surface area contributed by atoms with Gasteiger partial charge in [-0.3, -0.25) is 0 Å². The molecule has 0 N–H and O–H groups in total. The van der Waals surface area contributed by atoms with Gasteiger partial charge in [0.15, 0.2) is 5.82 Å². The lowest BCUT2D eigenvalue weighted by atomic mass is 10.1. The minimum Gasteiger partial charge on any atom is -0.378 e. The maximum absolute atomic E-state index is 13.8. The van der Waals surface area contributed by atoms with E-state index in [1.165, 1.54) is 6.42 Å². The second-order valence-electron chi connectivity index (χ2n) is 8.16. The zero-order valence-electron chi connectivity index (χ0n) is 19.3. The molecule has 15 heteroatoms. The molecule has 0 spiro atoms. The molecule has 0 saturated carbocycles. The van der Waals surface area contributed by atoms with Crippen molar-refractivity contribution in [1.29, 1.82) is 0 Å². The van der Waals surface area contributed by atoms with Gasteiger partial charge in [-0.25, -0.2) is 9.97 Å². The molecule has 37 heavy (non-hydrogen) atoms. The zero-order chi connectivity index (χ0) is 28.1. The van der Waals surface area contributed by atoms with Gasteiger partial charge in [0.2, 0.25) is 0 Å². The second kappa shape index (κ2) is 11.4. The van der Waals surface area contributed by atoms with Crippen LogP contribution >= 0.6 is 0 Å². The summed E-state index contributed by atoms with van der Waals surface area (Å²) in [5, 5.41) is -6.94. The van der Waals surface area contributed by atoms with Crippen molar-refractivity contribution in [2.24, 2.45) is 0 Å². The molecule has 0 unspecified atom stereocenters. The third kappa shape index (κ3) is 6.65. The van der Waals surface area contributed by atoms with E-state index in [-0.39, 0.29) is 11.4 Å². The third-order valence-electron chi connectivity index (χ3n) is 5.27. The van der Waals surface area contributed by atoms with Crippen molar-refractivity contribution >= 4 is 10.1 Å². The summed E-state index contributed by atoms with van der Waals surface area (Å²) in [5.74, 6) is -15.7. The molecule has 0 aliphatic carbocycles. The SMILES string of the molecule is CCCCCCCCc1cnc(-c2ccc(OS(=O)(=O)C(F)(F)C(F)(F)C(F)(F)C(F)(F)F)cc2)nc1. The van der Waals surface area contributed by atoms with Gasteiger partial charge >= 0.3 is 33.4 Å². The number of halogens is 9. The van der Waals surface area contributed by atoms with Crippen LogP contribution in [0.4, 0.5) is 39.5 Å². The lowest BCUT2D eigenvalue weighted by Crippen LogP contribution is -2.63. The fourth-order valence-corrected chi connectivity index (χ4v) is 4.01. The monoisotopic (exact) mass is 566 g/mol. The molecule has 208 valence electrons. The van der Waals surface area contributed by atoms with Crippen LogP contribution in [0.3, 0.4) is 0 Å². The third-order valence-corrected chi connectivity index (χ3v) is 6.57. The summed E-state index contributed by atoms with van der Waals surface area (Å²) in [6.45, 7) is 2.12. The molecule has 0 radical (unpaired) electrons. The summed E-state index contributed by atoms with van der Waals surface area (Å²) in [4.78, 5) is 8.25. The zero-order valence-corrected chi connectivity index (χ0v) is 20.2. The van der Waals surface area contributed by atoms with Gasteiger partial charge in [0.05, 0.1) is 0 Å². The van der Waals surface area contributed by atoms with Crippen LogP contribution in [0.5, 0.6) is 5.75 Å². The lowest BCUT2D eigenvalue weighted by Gasteiger charge is -2.32. The van der Waals surface area contributed by atoms with Crippen LogP contribution in [-0.2, 0) is 16.5 Å². The number of unbranched alkanes of at least 4 members (excludes halogenated alkanes) is 5. The summed E-state index contributed by atoms with van der Waals surface area (Å²) >= 11 is 0. The fourth-order valence-electron chi connectivity index (χ4n) is 3.10. The van der Waals surface area contributed by atoms with Crippen molar-refractivity contribution in [3.05, 3.63) is 42.2 Å². The summed E-state index contributed by atoms with van der Waals surface area (Å²) in [6, 6.07) is 3.48. The normalized spacial score (nSPS) is 13.6. The highest BCUT2D eigenvalue weighted by Gasteiger charge is 2.86. The Bertz CT molecular complexity index is 1120. The van der Waals surface area contributed by atoms with E-state index >= 15 is 0 Å². The molecule has 1 aromatic heterocycles. The number of aryl methyl sites for hydroxylation is 1. The Labute approximate surface area is 207 Å². The first-order valence-corrected chi connectivity index (χ1v) is 12.4. The Balaban J connectivity index is 2.10. The van der Waals surface area contributed by atoms with Gasteiger partial charge in [0.25, 0.3) is 0 Å². The standard InChI is InChI=1S/C22H23F9N2O3S/c1-2-3-4-5-6-7-8-15-13-32-18(33-14-15)16-9-11-17(12-10-16)36-37(34,35)22(30,31)20(25,26)19(23,24)21(27,28)29/h9-14H,2-8H2,1H3. The van der Waals surface area contributed by atoms with Crippen LogP contribution < -0.4 is 4.18 Å². The predicted octanol–water partition coefficient (Wildman–Crippen LogP) is 7.18. The van der Waals surface area contributed by atoms with Crippen molar-refractivity contribution < 1.29 is 52.1 Å². The fraction of sp³-hybridized carbons (Fsp3) is 0.545. The van der Waals surface area contributed by atoms with Crippen LogP contribution in [0.1, 0.15) is 51.0 Å². The van der Waals surface area contributed by atoms with Crippen molar-refractivity contribution in [2.45, 2.75) is 75.1 Å². The lowest BCUT2D eigenvalue weighted by molar-refractivity contribution is -0.382. The number of aromatic nitrogens is 2. The largest absolute Gasteiger partial charge is 0.460 e. The van der Waals surface area contributed by atoms with Crippen LogP contribution in [0.15, 0.2) is 36.7 Å². The van der Waals surface area contributed by atoms with Crippen LogP contribution in [0.2, 0.25) is 0 Å². The van der Waals surface area contributed by atoms with E-state index < -0.39 is 39.1 Å². The van der Waals surface area contributed by atoms with Crippen LogP contribution in [-0.4, -0.2) is 41.7 Å². The van der Waals surface area contributed by atoms with Gasteiger partial charge in [-0.2, -0.15) is 47.9 Å². The van der Waals surface area contributed by atoms with Gasteiger partial charge in [-0.05, 0) is 42.7 Å². The molecular weight excluding hydrogens is 543 g/mol. The molecule has 0 bridgehead atoms. The van der Waals surface area contributed by atoms with E-state index in [1.54, 1.807) is 12.4 Å². The Morgan fingerprint density at radius 2 is 1.27 bits per heavy atom. The second-order valence-corrected chi connectivity index (χ2v) is 9.75. The minimum absolute atomic E-state index is 0.128. The Hall–Kier alpha value is -2.58. The first kappa shape index (κ1) is 30.6. The van der Waals surface area contributed by atoms with Crippen molar-refractivity contribution in [2.75, 3.05) is 0 Å². The summed E-state index contributed by atoms with van der Waals surface area (Å²) < 4.78 is 144. The highest BCUT2D eigenvalue weighted by molar-refractivity contribution is 7.88. The summed E-state index contributed by atoms with van der Waals surface area (Å²) in [5.41, 5.74) is 1.07. The maximum Gasteiger partial charge on any atom is 0.460 e. The van der Waals surface area contributed by atoms with Crippen molar-refractivity contribution in [1.82, 2.24) is 9.97 Å². The molecule has 0 saturated heterocycles. The van der Waals surface area contributed by atoms with E-state index in [4.69, 9.17) is 0 Å². The molecule has 2 rings (SSSR count). The number of alkyl halides is 9. The van der Waals surface area contributed by atoms with E-state index in [0.29, 0.717) is 12.1 Å². The number of benzene rings is 1. The highest BCUT2D eigenvalue weighted by Crippen LogP contribution is 2.55. The molecular formula is C22H23F9N2O3S. The minimum atomic E-state index is -7.37. The van der Waals surface area contributed by atoms with E-state index in [9.17, 15) is 47.9 Å². The van der Waals surface area contributed by atoms with Gasteiger partial charge in [0.1, 0.15) is 5.75 Å². The molecule has 0 aliphatic heterocycles. The Morgan fingerprint density at radius 1 is 0.757 bits per heavy atom. The Morgan fingerprint density at radius 3 is 1.78 bits per heavy atom. The average Bonchev–Trinajstić information content (AvgIpc) is 2.81. The highest BCUT2D eigenvalue weighted by atomic mass is 32.2. The van der Waals surface area contributed by atoms with Gasteiger partial charge in [-0.15, -0.1) is 0 Å². The number of nitrogens with zero attached hydrogens (tertiary/aromatic N) is 2. The van der Waals surface area contributed by atoms with E-state index in [2.05, 4.69) is 21.1 Å². The molecule has 1 heterocycles. The number of hydrogen-bond donors (Lipinski definition) is 0. The molecule has 5 nitrogen and oxygen atoms in total. The molecule has 1 aromatic carbocycles. The number of rotatable bonds is 13. The van der Waals surface area contributed by atoms with Gasteiger partial charge in [-0.1, -0.05) is 39.0 Å². The molecule has 0 fully saturated rings. The molecule has 0 atom stereocenters. The number of hydrogen-bond acceptors (Lipinski definition) is 5. The first-order chi connectivity index (χ1) is 17.0.